The van der Waals surface area contributed by atoms with Gasteiger partial charge in [0.15, 0.2) is 0 Å². The van der Waals surface area contributed by atoms with Crippen molar-refractivity contribution in [2.45, 2.75) is 24.0 Å². The number of ether oxygens (including phenoxy) is 1. The molecule has 20 heavy (non-hydrogen) atoms. The van der Waals surface area contributed by atoms with Gasteiger partial charge in [-0.15, -0.1) is 11.8 Å². The van der Waals surface area contributed by atoms with Gasteiger partial charge >= 0.3 is 0 Å². The zero-order valence-corrected chi connectivity index (χ0v) is 12.8. The van der Waals surface area contributed by atoms with Crippen LogP contribution in [0.15, 0.2) is 54.6 Å². The largest absolute Gasteiger partial charge is 0.497 e. The zero-order chi connectivity index (χ0) is 14.4. The Kier molecular flexibility index (Phi) is 5.50. The molecule has 3 heteroatoms. The second kappa shape index (κ2) is 7.36. The summed E-state index contributed by atoms with van der Waals surface area (Å²) in [6.45, 7) is 2.06. The third kappa shape index (κ3) is 4.02. The van der Waals surface area contributed by atoms with Gasteiger partial charge < -0.3 is 10.5 Å². The Morgan fingerprint density at radius 1 is 1.05 bits per heavy atom. The average molecular weight is 287 g/mol. The molecule has 2 rings (SSSR count). The highest BCUT2D eigenvalue weighted by atomic mass is 32.2. The Hall–Kier alpha value is -1.45. The van der Waals surface area contributed by atoms with Crippen molar-refractivity contribution in [2.24, 2.45) is 5.73 Å². The molecular weight excluding hydrogens is 266 g/mol. The van der Waals surface area contributed by atoms with Crippen molar-refractivity contribution in [1.29, 1.82) is 0 Å². The molecule has 0 aromatic heterocycles. The van der Waals surface area contributed by atoms with Gasteiger partial charge in [-0.1, -0.05) is 42.5 Å². The molecule has 0 aliphatic carbocycles. The maximum absolute atomic E-state index is 6.15. The normalized spacial score (nSPS) is 13.8. The van der Waals surface area contributed by atoms with Crippen molar-refractivity contribution in [3.8, 4) is 5.75 Å². The van der Waals surface area contributed by atoms with Gasteiger partial charge in [0.1, 0.15) is 5.75 Å². The Labute approximate surface area is 125 Å². The van der Waals surface area contributed by atoms with Crippen LogP contribution in [0.25, 0.3) is 0 Å². The molecule has 2 aromatic rings. The first-order chi connectivity index (χ1) is 9.70. The molecule has 0 radical (unpaired) electrons. The highest BCUT2D eigenvalue weighted by Gasteiger charge is 2.16. The minimum Gasteiger partial charge on any atom is -0.497 e. The molecule has 0 bridgehead atoms. The predicted molar refractivity (Wildman–Crippen MR) is 87.1 cm³/mol. The van der Waals surface area contributed by atoms with Crippen LogP contribution in [0.2, 0.25) is 0 Å². The van der Waals surface area contributed by atoms with E-state index >= 15 is 0 Å². The first-order valence-corrected chi connectivity index (χ1v) is 7.80. The second-order valence-electron chi connectivity index (χ2n) is 4.85. The maximum atomic E-state index is 6.15. The third-order valence-corrected chi connectivity index (χ3v) is 4.75. The lowest BCUT2D eigenvalue weighted by Gasteiger charge is -2.21. The molecule has 106 valence electrons. The van der Waals surface area contributed by atoms with Crippen LogP contribution < -0.4 is 10.5 Å². The number of nitrogens with two attached hydrogens (primary N) is 1. The van der Waals surface area contributed by atoms with E-state index in [1.165, 1.54) is 11.1 Å². The molecule has 0 aliphatic rings. The molecule has 0 saturated heterocycles. The van der Waals surface area contributed by atoms with Crippen LogP contribution in [0.5, 0.6) is 5.75 Å². The minimum atomic E-state index is 0.108. The molecule has 2 aromatic carbocycles. The van der Waals surface area contributed by atoms with Crippen molar-refractivity contribution in [3.63, 3.8) is 0 Å². The van der Waals surface area contributed by atoms with Crippen molar-refractivity contribution in [3.05, 3.63) is 65.7 Å². The lowest BCUT2D eigenvalue weighted by molar-refractivity contribution is 0.414. The van der Waals surface area contributed by atoms with Crippen LogP contribution in [-0.2, 0) is 5.75 Å². The Morgan fingerprint density at radius 2 is 1.70 bits per heavy atom. The first kappa shape index (κ1) is 14.9. The van der Waals surface area contributed by atoms with Gasteiger partial charge in [-0.25, -0.2) is 0 Å². The van der Waals surface area contributed by atoms with Crippen molar-refractivity contribution >= 4 is 11.8 Å². The third-order valence-electron chi connectivity index (χ3n) is 3.19. The van der Waals surface area contributed by atoms with Crippen molar-refractivity contribution < 1.29 is 4.74 Å². The van der Waals surface area contributed by atoms with E-state index in [0.29, 0.717) is 5.25 Å². The van der Waals surface area contributed by atoms with E-state index in [2.05, 4.69) is 43.3 Å². The first-order valence-electron chi connectivity index (χ1n) is 6.76. The summed E-state index contributed by atoms with van der Waals surface area (Å²) >= 11 is 1.88. The molecular formula is C17H21NOS. The predicted octanol–water partition coefficient (Wildman–Crippen LogP) is 4.02. The van der Waals surface area contributed by atoms with Crippen LogP contribution in [-0.4, -0.2) is 13.2 Å². The summed E-state index contributed by atoms with van der Waals surface area (Å²) < 4.78 is 5.20. The molecule has 2 nitrogen and oxygen atoms in total. The fourth-order valence-corrected chi connectivity index (χ4v) is 3.32. The van der Waals surface area contributed by atoms with Crippen molar-refractivity contribution in [1.82, 2.24) is 0 Å². The quantitative estimate of drug-likeness (QED) is 0.871. The van der Waals surface area contributed by atoms with Crippen LogP contribution >= 0.6 is 11.8 Å². The standard InChI is InChI=1S/C17H21NOS/c1-13(18)17(15-8-10-16(19-2)11-9-15)20-12-14-6-4-3-5-7-14/h3-11,13,17H,12,18H2,1-2H3. The van der Waals surface area contributed by atoms with Gasteiger partial charge in [-0.2, -0.15) is 0 Å². The number of methoxy groups -OCH3 is 1. The molecule has 0 spiro atoms. The van der Waals surface area contributed by atoms with Crippen LogP contribution in [0.1, 0.15) is 23.3 Å². The van der Waals surface area contributed by atoms with Gasteiger partial charge in [0.2, 0.25) is 0 Å². The number of rotatable bonds is 6. The second-order valence-corrected chi connectivity index (χ2v) is 5.98. The highest BCUT2D eigenvalue weighted by molar-refractivity contribution is 7.98. The fraction of sp³-hybridized carbons (Fsp3) is 0.294. The van der Waals surface area contributed by atoms with Gasteiger partial charge in [0.25, 0.3) is 0 Å². The van der Waals surface area contributed by atoms with E-state index < -0.39 is 0 Å². The number of hydrogen-bond acceptors (Lipinski definition) is 3. The molecule has 0 amide bonds. The van der Waals surface area contributed by atoms with E-state index in [4.69, 9.17) is 10.5 Å². The van der Waals surface area contributed by atoms with Gasteiger partial charge in [0, 0.05) is 17.0 Å². The lowest BCUT2D eigenvalue weighted by Crippen LogP contribution is -2.22. The highest BCUT2D eigenvalue weighted by Crippen LogP contribution is 2.34. The summed E-state index contributed by atoms with van der Waals surface area (Å²) in [5.74, 6) is 1.85. The van der Waals surface area contributed by atoms with E-state index in [1.54, 1.807) is 7.11 Å². The molecule has 2 N–H and O–H groups in total. The van der Waals surface area contributed by atoms with Gasteiger partial charge in [0.05, 0.1) is 7.11 Å². The van der Waals surface area contributed by atoms with Gasteiger partial charge in [-0.05, 0) is 30.2 Å². The topological polar surface area (TPSA) is 35.2 Å². The summed E-state index contributed by atoms with van der Waals surface area (Å²) in [5, 5.41) is 0.293. The molecule has 0 fully saturated rings. The van der Waals surface area contributed by atoms with Crippen LogP contribution in [0, 0.1) is 0 Å². The zero-order valence-electron chi connectivity index (χ0n) is 12.0. The maximum Gasteiger partial charge on any atom is 0.118 e. The minimum absolute atomic E-state index is 0.108. The summed E-state index contributed by atoms with van der Waals surface area (Å²) in [7, 11) is 1.68. The Bertz CT molecular complexity index is 510. The number of thioether (sulfide) groups is 1. The summed E-state index contributed by atoms with van der Waals surface area (Å²) in [6.07, 6.45) is 0. The SMILES string of the molecule is COc1ccc(C(SCc2ccccc2)C(C)N)cc1. The molecule has 0 saturated carbocycles. The monoisotopic (exact) mass is 287 g/mol. The fourth-order valence-electron chi connectivity index (χ4n) is 2.11. The molecule has 2 atom stereocenters. The Balaban J connectivity index is 2.06. The van der Waals surface area contributed by atoms with Crippen LogP contribution in [0.4, 0.5) is 0 Å². The van der Waals surface area contributed by atoms with E-state index in [-0.39, 0.29) is 6.04 Å². The number of hydrogen-bond donors (Lipinski definition) is 1. The van der Waals surface area contributed by atoms with E-state index in [1.807, 2.05) is 30.0 Å². The molecule has 2 unspecified atom stereocenters. The lowest BCUT2D eigenvalue weighted by atomic mass is 10.1. The van der Waals surface area contributed by atoms with E-state index in [9.17, 15) is 0 Å². The summed E-state index contributed by atoms with van der Waals surface area (Å²) in [4.78, 5) is 0. The Morgan fingerprint density at radius 3 is 2.25 bits per heavy atom. The molecule has 0 heterocycles. The average Bonchev–Trinajstić information content (AvgIpc) is 2.49. The number of benzene rings is 2. The summed E-state index contributed by atoms with van der Waals surface area (Å²) in [6, 6.07) is 18.8. The molecule has 0 aliphatic heterocycles. The van der Waals surface area contributed by atoms with E-state index in [0.717, 1.165) is 11.5 Å². The summed E-state index contributed by atoms with van der Waals surface area (Å²) in [5.41, 5.74) is 8.73. The van der Waals surface area contributed by atoms with Crippen LogP contribution in [0.3, 0.4) is 0 Å². The smallest absolute Gasteiger partial charge is 0.118 e. The van der Waals surface area contributed by atoms with Crippen molar-refractivity contribution in [2.75, 3.05) is 7.11 Å². The van der Waals surface area contributed by atoms with Gasteiger partial charge in [-0.3, -0.25) is 0 Å².